The fraction of sp³-hybridized carbons (Fsp3) is 0.458. The van der Waals surface area contributed by atoms with Crippen LogP contribution in [0.1, 0.15) is 59.8 Å². The molecule has 4 heterocycles. The van der Waals surface area contributed by atoms with Crippen LogP contribution < -0.4 is 9.64 Å². The summed E-state index contributed by atoms with van der Waals surface area (Å²) in [7, 11) is 0. The molecule has 0 radical (unpaired) electrons. The van der Waals surface area contributed by atoms with E-state index in [2.05, 4.69) is 16.6 Å². The molecular formula is C24H27F2N5O2. The number of carbonyl (C=O) groups is 1. The zero-order chi connectivity index (χ0) is 22.9. The second-order valence-corrected chi connectivity index (χ2v) is 8.73. The number of rotatable bonds is 5. The Bertz CT molecular complexity index is 1140. The summed E-state index contributed by atoms with van der Waals surface area (Å²) in [4.78, 5) is 22.3. The second kappa shape index (κ2) is 8.96. The molecule has 1 atom stereocenters. The van der Waals surface area contributed by atoms with Gasteiger partial charge in [0.15, 0.2) is 5.65 Å². The minimum atomic E-state index is -2.89. The van der Waals surface area contributed by atoms with Crippen molar-refractivity contribution in [3.8, 4) is 5.75 Å². The number of amides is 1. The molecule has 2 fully saturated rings. The first kappa shape index (κ1) is 21.6. The van der Waals surface area contributed by atoms with Crippen LogP contribution in [0, 0.1) is 6.92 Å². The molecule has 3 aromatic rings. The van der Waals surface area contributed by atoms with Crippen molar-refractivity contribution in [1.29, 1.82) is 0 Å². The first-order chi connectivity index (χ1) is 16.0. The average Bonchev–Trinajstić information content (AvgIpc) is 3.48. The normalized spacial score (nSPS) is 19.0. The number of anilines is 1. The van der Waals surface area contributed by atoms with Gasteiger partial charge in [0.1, 0.15) is 11.6 Å². The third kappa shape index (κ3) is 4.36. The van der Waals surface area contributed by atoms with E-state index in [-0.39, 0.29) is 17.7 Å². The zero-order valence-electron chi connectivity index (χ0n) is 18.6. The molecule has 0 unspecified atom stereocenters. The lowest BCUT2D eigenvalue weighted by Crippen LogP contribution is -2.38. The lowest BCUT2D eigenvalue weighted by Gasteiger charge is -2.34. The SMILES string of the molecule is Cc1cn2nc([C@@H]3CCCCN3C(=O)c3ccc(OC(F)F)cc3)cc2nc1N1CCCC1. The highest BCUT2D eigenvalue weighted by molar-refractivity contribution is 5.94. The van der Waals surface area contributed by atoms with Crippen molar-refractivity contribution in [3.05, 3.63) is 53.3 Å². The van der Waals surface area contributed by atoms with Crippen LogP contribution in [0.25, 0.3) is 5.65 Å². The molecule has 0 N–H and O–H groups in total. The van der Waals surface area contributed by atoms with Gasteiger partial charge in [0, 0.05) is 43.0 Å². The number of aryl methyl sites for hydroxylation is 1. The molecule has 0 bridgehead atoms. The topological polar surface area (TPSA) is 63.0 Å². The molecule has 1 amide bonds. The van der Waals surface area contributed by atoms with E-state index in [0.29, 0.717) is 12.1 Å². The maximum Gasteiger partial charge on any atom is 0.387 e. The number of fused-ring (bicyclic) bond motifs is 1. The van der Waals surface area contributed by atoms with E-state index in [0.717, 1.165) is 55.1 Å². The molecule has 33 heavy (non-hydrogen) atoms. The number of benzene rings is 1. The quantitative estimate of drug-likeness (QED) is 0.562. The summed E-state index contributed by atoms with van der Waals surface area (Å²) in [6.07, 6.45) is 7.13. The van der Waals surface area contributed by atoms with Crippen LogP contribution in [-0.4, -0.2) is 51.7 Å². The van der Waals surface area contributed by atoms with Crippen molar-refractivity contribution in [2.75, 3.05) is 24.5 Å². The molecule has 2 saturated heterocycles. The highest BCUT2D eigenvalue weighted by Gasteiger charge is 2.31. The van der Waals surface area contributed by atoms with E-state index >= 15 is 0 Å². The molecule has 2 aliphatic rings. The van der Waals surface area contributed by atoms with Gasteiger partial charge in [-0.05, 0) is 63.3 Å². The number of nitrogens with zero attached hydrogens (tertiary/aromatic N) is 5. The van der Waals surface area contributed by atoms with Gasteiger partial charge in [-0.25, -0.2) is 9.50 Å². The molecule has 5 rings (SSSR count). The Kier molecular flexibility index (Phi) is 5.86. The number of halogens is 2. The van der Waals surface area contributed by atoms with Crippen molar-refractivity contribution in [2.45, 2.75) is 51.7 Å². The smallest absolute Gasteiger partial charge is 0.387 e. The summed E-state index contributed by atoms with van der Waals surface area (Å²) < 4.78 is 31.0. The van der Waals surface area contributed by atoms with E-state index in [4.69, 9.17) is 10.1 Å². The molecule has 0 spiro atoms. The van der Waals surface area contributed by atoms with Gasteiger partial charge in [-0.2, -0.15) is 13.9 Å². The van der Waals surface area contributed by atoms with Crippen molar-refractivity contribution in [1.82, 2.24) is 19.5 Å². The molecule has 7 nitrogen and oxygen atoms in total. The summed E-state index contributed by atoms with van der Waals surface area (Å²) in [5, 5.41) is 4.78. The molecule has 0 aliphatic carbocycles. The van der Waals surface area contributed by atoms with E-state index in [9.17, 15) is 13.6 Å². The summed E-state index contributed by atoms with van der Waals surface area (Å²) in [6, 6.07) is 7.69. The third-order valence-electron chi connectivity index (χ3n) is 6.46. The molecule has 174 valence electrons. The molecule has 2 aromatic heterocycles. The maximum atomic E-state index is 13.3. The van der Waals surface area contributed by atoms with Gasteiger partial charge >= 0.3 is 6.61 Å². The number of aromatic nitrogens is 3. The fourth-order valence-corrected chi connectivity index (χ4v) is 4.86. The summed E-state index contributed by atoms with van der Waals surface area (Å²) in [6.45, 7) is 1.84. The van der Waals surface area contributed by atoms with Crippen LogP contribution in [0.2, 0.25) is 0 Å². The predicted octanol–water partition coefficient (Wildman–Crippen LogP) is 4.61. The van der Waals surface area contributed by atoms with Crippen LogP contribution in [0.5, 0.6) is 5.75 Å². The van der Waals surface area contributed by atoms with Crippen molar-refractivity contribution in [3.63, 3.8) is 0 Å². The molecule has 1 aromatic carbocycles. The van der Waals surface area contributed by atoms with Gasteiger partial charge < -0.3 is 14.5 Å². The van der Waals surface area contributed by atoms with E-state index in [1.807, 2.05) is 17.2 Å². The van der Waals surface area contributed by atoms with Crippen LogP contribution in [0.3, 0.4) is 0 Å². The fourth-order valence-electron chi connectivity index (χ4n) is 4.86. The molecule has 2 aliphatic heterocycles. The first-order valence-corrected chi connectivity index (χ1v) is 11.5. The number of alkyl halides is 2. The van der Waals surface area contributed by atoms with Crippen molar-refractivity contribution in [2.24, 2.45) is 0 Å². The van der Waals surface area contributed by atoms with Crippen molar-refractivity contribution >= 4 is 17.4 Å². The highest BCUT2D eigenvalue weighted by Crippen LogP contribution is 2.33. The van der Waals surface area contributed by atoms with E-state index < -0.39 is 6.61 Å². The van der Waals surface area contributed by atoms with Crippen LogP contribution in [-0.2, 0) is 0 Å². The van der Waals surface area contributed by atoms with Gasteiger partial charge in [0.25, 0.3) is 5.91 Å². The Hall–Kier alpha value is -3.23. The van der Waals surface area contributed by atoms with Gasteiger partial charge in [-0.1, -0.05) is 0 Å². The standard InChI is InChI=1S/C24H27F2N5O2/c1-16-15-31-21(27-22(16)29-11-4-5-12-29)14-19(28-31)20-6-2-3-13-30(20)23(32)17-7-9-18(10-8-17)33-24(25)26/h7-10,14-15,20,24H,2-6,11-13H2,1H3/t20-/m0/s1. The number of hydrogen-bond acceptors (Lipinski definition) is 5. The Morgan fingerprint density at radius 3 is 2.55 bits per heavy atom. The highest BCUT2D eigenvalue weighted by atomic mass is 19.3. The first-order valence-electron chi connectivity index (χ1n) is 11.5. The van der Waals surface area contributed by atoms with E-state index in [1.165, 1.54) is 37.1 Å². The zero-order valence-corrected chi connectivity index (χ0v) is 18.6. The Balaban J connectivity index is 1.41. The summed E-state index contributed by atoms with van der Waals surface area (Å²) in [5.41, 5.74) is 3.13. The number of ether oxygens (including phenoxy) is 1. The number of hydrogen-bond donors (Lipinski definition) is 0. The Morgan fingerprint density at radius 2 is 1.82 bits per heavy atom. The van der Waals surface area contributed by atoms with Gasteiger partial charge in [0.2, 0.25) is 0 Å². The second-order valence-electron chi connectivity index (χ2n) is 8.73. The summed E-state index contributed by atoms with van der Waals surface area (Å²) >= 11 is 0. The number of likely N-dealkylation sites (tertiary alicyclic amines) is 1. The third-order valence-corrected chi connectivity index (χ3v) is 6.46. The molecule has 0 saturated carbocycles. The van der Waals surface area contributed by atoms with Crippen LogP contribution in [0.4, 0.5) is 14.6 Å². The van der Waals surface area contributed by atoms with E-state index in [1.54, 1.807) is 4.52 Å². The molecular weight excluding hydrogens is 428 g/mol. The monoisotopic (exact) mass is 455 g/mol. The van der Waals surface area contributed by atoms with Crippen LogP contribution in [0.15, 0.2) is 36.5 Å². The largest absolute Gasteiger partial charge is 0.435 e. The van der Waals surface area contributed by atoms with Gasteiger partial charge in [0.05, 0.1) is 11.7 Å². The Labute approximate surface area is 191 Å². The average molecular weight is 456 g/mol. The minimum Gasteiger partial charge on any atom is -0.435 e. The lowest BCUT2D eigenvalue weighted by atomic mass is 9.98. The van der Waals surface area contributed by atoms with Crippen LogP contribution >= 0.6 is 0 Å². The maximum absolute atomic E-state index is 13.3. The Morgan fingerprint density at radius 1 is 1.09 bits per heavy atom. The van der Waals surface area contributed by atoms with Gasteiger partial charge in [-0.15, -0.1) is 0 Å². The van der Waals surface area contributed by atoms with Gasteiger partial charge in [-0.3, -0.25) is 4.79 Å². The minimum absolute atomic E-state index is 0.0346. The molecule has 9 heteroatoms. The predicted molar refractivity (Wildman–Crippen MR) is 120 cm³/mol. The summed E-state index contributed by atoms with van der Waals surface area (Å²) in [5.74, 6) is 0.906. The van der Waals surface area contributed by atoms with Crippen molar-refractivity contribution < 1.29 is 18.3 Å². The number of piperidine rings is 1. The number of carbonyl (C=O) groups excluding carboxylic acids is 1. The lowest BCUT2D eigenvalue weighted by molar-refractivity contribution is -0.0498.